The van der Waals surface area contributed by atoms with Crippen LogP contribution in [0, 0.1) is 5.92 Å². The molecule has 0 radical (unpaired) electrons. The quantitative estimate of drug-likeness (QED) is 0.853. The molecule has 1 aromatic carbocycles. The van der Waals surface area contributed by atoms with E-state index in [0.717, 1.165) is 5.56 Å². The van der Waals surface area contributed by atoms with E-state index in [1.165, 1.54) is 0 Å². The average molecular weight is 227 g/mol. The summed E-state index contributed by atoms with van der Waals surface area (Å²) in [5.74, 6) is -0.838. The van der Waals surface area contributed by atoms with Crippen molar-refractivity contribution < 1.29 is 9.90 Å². The number of hydrogen-bond acceptors (Lipinski definition) is 1. The van der Waals surface area contributed by atoms with Crippen LogP contribution < -0.4 is 0 Å². The van der Waals surface area contributed by atoms with Gasteiger partial charge in [0.15, 0.2) is 0 Å². The van der Waals surface area contributed by atoms with Gasteiger partial charge in [-0.1, -0.05) is 37.6 Å². The minimum absolute atomic E-state index is 0.363. The monoisotopic (exact) mass is 226 g/mol. The summed E-state index contributed by atoms with van der Waals surface area (Å²) in [4.78, 5) is 11.1. The third-order valence-corrected chi connectivity index (χ3v) is 2.53. The van der Waals surface area contributed by atoms with Crippen molar-refractivity contribution in [3.8, 4) is 0 Å². The Hall–Kier alpha value is -1.02. The summed E-state index contributed by atoms with van der Waals surface area (Å²) in [6.07, 6.45) is 0.650. The Bertz CT molecular complexity index is 330. The molecule has 0 aromatic heterocycles. The van der Waals surface area contributed by atoms with Gasteiger partial charge in [0.05, 0.1) is 5.92 Å². The molecule has 1 atom stereocenters. The number of carboxylic acids is 1. The molecule has 0 bridgehead atoms. The third-order valence-electron chi connectivity index (χ3n) is 2.28. The Morgan fingerprint density at radius 1 is 1.33 bits per heavy atom. The first-order valence-corrected chi connectivity index (χ1v) is 5.36. The summed E-state index contributed by atoms with van der Waals surface area (Å²) in [6.45, 7) is 4.04. The molecule has 0 saturated carbocycles. The molecule has 0 heterocycles. The van der Waals surface area contributed by atoms with Gasteiger partial charge in [0, 0.05) is 5.02 Å². The fourth-order valence-electron chi connectivity index (χ4n) is 1.55. The maximum Gasteiger partial charge on any atom is 0.310 e. The number of rotatable bonds is 4. The van der Waals surface area contributed by atoms with Crippen LogP contribution in [-0.2, 0) is 4.79 Å². The highest BCUT2D eigenvalue weighted by atomic mass is 35.5. The second-order valence-corrected chi connectivity index (χ2v) is 4.51. The average Bonchev–Trinajstić information content (AvgIpc) is 2.15. The molecule has 82 valence electrons. The molecule has 2 nitrogen and oxygen atoms in total. The van der Waals surface area contributed by atoms with Crippen LogP contribution in [0.25, 0.3) is 0 Å². The Kier molecular flexibility index (Phi) is 4.15. The SMILES string of the molecule is CC(C)C[C@@H](C(=O)O)c1ccc(Cl)cc1. The fourth-order valence-corrected chi connectivity index (χ4v) is 1.67. The van der Waals surface area contributed by atoms with Gasteiger partial charge < -0.3 is 5.11 Å². The van der Waals surface area contributed by atoms with Crippen LogP contribution in [0.3, 0.4) is 0 Å². The van der Waals surface area contributed by atoms with Crippen LogP contribution in [0.1, 0.15) is 31.7 Å². The Morgan fingerprint density at radius 2 is 1.87 bits per heavy atom. The van der Waals surface area contributed by atoms with Gasteiger partial charge in [-0.25, -0.2) is 0 Å². The minimum Gasteiger partial charge on any atom is -0.481 e. The van der Waals surface area contributed by atoms with Crippen molar-refractivity contribution in [2.24, 2.45) is 5.92 Å². The van der Waals surface area contributed by atoms with Crippen molar-refractivity contribution in [2.75, 3.05) is 0 Å². The number of hydrogen-bond donors (Lipinski definition) is 1. The van der Waals surface area contributed by atoms with Gasteiger partial charge in [0.2, 0.25) is 0 Å². The van der Waals surface area contributed by atoms with Gasteiger partial charge in [-0.05, 0) is 30.0 Å². The number of carboxylic acid groups (broad SMARTS) is 1. The summed E-state index contributed by atoms with van der Waals surface area (Å²) in [6, 6.07) is 7.02. The van der Waals surface area contributed by atoms with Crippen molar-refractivity contribution >= 4 is 17.6 Å². The number of halogens is 1. The van der Waals surface area contributed by atoms with Crippen molar-refractivity contribution in [1.29, 1.82) is 0 Å². The molecule has 0 aliphatic heterocycles. The van der Waals surface area contributed by atoms with Crippen LogP contribution in [0.4, 0.5) is 0 Å². The van der Waals surface area contributed by atoms with Gasteiger partial charge >= 0.3 is 5.97 Å². The zero-order valence-corrected chi connectivity index (χ0v) is 9.66. The summed E-state index contributed by atoms with van der Waals surface area (Å²) < 4.78 is 0. The smallest absolute Gasteiger partial charge is 0.310 e. The van der Waals surface area contributed by atoms with Crippen LogP contribution >= 0.6 is 11.6 Å². The van der Waals surface area contributed by atoms with E-state index in [9.17, 15) is 4.79 Å². The molecule has 0 spiro atoms. The second kappa shape index (κ2) is 5.17. The molecule has 0 aliphatic carbocycles. The van der Waals surface area contributed by atoms with Crippen molar-refractivity contribution in [3.05, 3.63) is 34.9 Å². The van der Waals surface area contributed by atoms with Gasteiger partial charge in [0.1, 0.15) is 0 Å². The van der Waals surface area contributed by atoms with Crippen LogP contribution in [0.15, 0.2) is 24.3 Å². The largest absolute Gasteiger partial charge is 0.481 e. The zero-order chi connectivity index (χ0) is 11.4. The number of benzene rings is 1. The maximum absolute atomic E-state index is 11.1. The molecular formula is C12H15ClO2. The second-order valence-electron chi connectivity index (χ2n) is 4.07. The normalized spacial score (nSPS) is 12.8. The third kappa shape index (κ3) is 3.56. The predicted molar refractivity (Wildman–Crippen MR) is 61.3 cm³/mol. The topological polar surface area (TPSA) is 37.3 Å². The van der Waals surface area contributed by atoms with Gasteiger partial charge in [0.25, 0.3) is 0 Å². The van der Waals surface area contributed by atoms with E-state index in [-0.39, 0.29) is 0 Å². The maximum atomic E-state index is 11.1. The van der Waals surface area contributed by atoms with E-state index >= 15 is 0 Å². The lowest BCUT2D eigenvalue weighted by Gasteiger charge is -2.14. The number of carbonyl (C=O) groups is 1. The highest BCUT2D eigenvalue weighted by molar-refractivity contribution is 6.30. The molecule has 3 heteroatoms. The van der Waals surface area contributed by atoms with E-state index in [4.69, 9.17) is 16.7 Å². The summed E-state index contributed by atoms with van der Waals surface area (Å²) >= 11 is 5.75. The van der Waals surface area contributed by atoms with E-state index in [1.54, 1.807) is 24.3 Å². The van der Waals surface area contributed by atoms with E-state index < -0.39 is 11.9 Å². The Morgan fingerprint density at radius 3 is 2.27 bits per heavy atom. The lowest BCUT2D eigenvalue weighted by atomic mass is 9.90. The molecule has 15 heavy (non-hydrogen) atoms. The Labute approximate surface area is 94.9 Å². The highest BCUT2D eigenvalue weighted by Gasteiger charge is 2.20. The lowest BCUT2D eigenvalue weighted by Crippen LogP contribution is -2.13. The first kappa shape index (κ1) is 12.1. The van der Waals surface area contributed by atoms with Crippen molar-refractivity contribution in [3.63, 3.8) is 0 Å². The fraction of sp³-hybridized carbons (Fsp3) is 0.417. The van der Waals surface area contributed by atoms with Gasteiger partial charge in [-0.3, -0.25) is 4.79 Å². The molecule has 0 saturated heterocycles. The van der Waals surface area contributed by atoms with Gasteiger partial charge in [-0.2, -0.15) is 0 Å². The van der Waals surface area contributed by atoms with E-state index in [2.05, 4.69) is 0 Å². The highest BCUT2D eigenvalue weighted by Crippen LogP contribution is 2.25. The summed E-state index contributed by atoms with van der Waals surface area (Å²) in [7, 11) is 0. The molecule has 1 rings (SSSR count). The molecular weight excluding hydrogens is 212 g/mol. The van der Waals surface area contributed by atoms with Crippen LogP contribution in [0.5, 0.6) is 0 Å². The van der Waals surface area contributed by atoms with Crippen LogP contribution in [-0.4, -0.2) is 11.1 Å². The first-order chi connectivity index (χ1) is 7.00. The molecule has 0 fully saturated rings. The number of aliphatic carboxylic acids is 1. The van der Waals surface area contributed by atoms with E-state index in [1.807, 2.05) is 13.8 Å². The van der Waals surface area contributed by atoms with Gasteiger partial charge in [-0.15, -0.1) is 0 Å². The van der Waals surface area contributed by atoms with Crippen molar-refractivity contribution in [1.82, 2.24) is 0 Å². The zero-order valence-electron chi connectivity index (χ0n) is 8.90. The Balaban J connectivity index is 2.89. The predicted octanol–water partition coefficient (Wildman–Crippen LogP) is 3.55. The molecule has 0 aliphatic rings. The standard InChI is InChI=1S/C12H15ClO2/c1-8(2)7-11(12(14)15)9-3-5-10(13)6-4-9/h3-6,8,11H,7H2,1-2H3,(H,14,15)/t11-/m1/s1. The molecule has 1 aromatic rings. The molecule has 0 unspecified atom stereocenters. The molecule has 0 amide bonds. The van der Waals surface area contributed by atoms with E-state index in [0.29, 0.717) is 17.4 Å². The summed E-state index contributed by atoms with van der Waals surface area (Å²) in [5, 5.41) is 9.74. The molecule has 1 N–H and O–H groups in total. The van der Waals surface area contributed by atoms with Crippen molar-refractivity contribution in [2.45, 2.75) is 26.2 Å². The summed E-state index contributed by atoms with van der Waals surface area (Å²) in [5.41, 5.74) is 0.820. The minimum atomic E-state index is -0.772. The van der Waals surface area contributed by atoms with Crippen LogP contribution in [0.2, 0.25) is 5.02 Å². The first-order valence-electron chi connectivity index (χ1n) is 4.99. The lowest BCUT2D eigenvalue weighted by molar-refractivity contribution is -0.139.